The quantitative estimate of drug-likeness (QED) is 0.754. The minimum Gasteiger partial charge on any atom is -0.253 e. The van der Waals surface area contributed by atoms with Gasteiger partial charge in [0.25, 0.3) is 0 Å². The van der Waals surface area contributed by atoms with Crippen molar-refractivity contribution in [1.29, 1.82) is 0 Å². The van der Waals surface area contributed by atoms with Gasteiger partial charge in [-0.15, -0.1) is 0 Å². The predicted octanol–water partition coefficient (Wildman–Crippen LogP) is 3.65. The van der Waals surface area contributed by atoms with Crippen LogP contribution in [0.15, 0.2) is 47.1 Å². The van der Waals surface area contributed by atoms with E-state index in [0.717, 1.165) is 11.3 Å². The first kappa shape index (κ1) is 9.34. The van der Waals surface area contributed by atoms with Crippen LogP contribution in [-0.2, 0) is 0 Å². The van der Waals surface area contributed by atoms with Crippen molar-refractivity contribution < 1.29 is 4.39 Å². The maximum absolute atomic E-state index is 12.9. The maximum atomic E-state index is 12.9. The first-order valence-corrected chi connectivity index (χ1v) is 4.93. The molecule has 1 heterocycles. The number of benzene rings is 1. The second-order valence-corrected chi connectivity index (χ2v) is 3.70. The molecule has 2 rings (SSSR count). The van der Waals surface area contributed by atoms with Gasteiger partial charge in [0.15, 0.2) is 5.82 Å². The molecule has 0 aliphatic heterocycles. The number of halogens is 2. The molecule has 1 nitrogen and oxygen atoms in total. The number of rotatable bonds is 1. The van der Waals surface area contributed by atoms with Crippen LogP contribution in [0.4, 0.5) is 4.39 Å². The number of aromatic nitrogens is 1. The molecule has 3 heteroatoms. The fraction of sp³-hybridized carbons (Fsp3) is 0. The van der Waals surface area contributed by atoms with Crippen LogP contribution < -0.4 is 0 Å². The van der Waals surface area contributed by atoms with Gasteiger partial charge in [-0.05, 0) is 22.0 Å². The van der Waals surface area contributed by atoms with Crippen LogP contribution in [0.25, 0.3) is 11.3 Å². The molecule has 2 aromatic rings. The lowest BCUT2D eigenvalue weighted by molar-refractivity contribution is 0.615. The Morgan fingerprint density at radius 3 is 2.50 bits per heavy atom. The standard InChI is InChI=1S/C11H7BrFN/c12-9-6-11(14-7-10(9)13)8-4-2-1-3-5-8/h1-7H. The van der Waals surface area contributed by atoms with E-state index in [0.29, 0.717) is 4.47 Å². The van der Waals surface area contributed by atoms with Crippen molar-refractivity contribution in [2.45, 2.75) is 0 Å². The van der Waals surface area contributed by atoms with Crippen molar-refractivity contribution in [3.05, 3.63) is 52.9 Å². The van der Waals surface area contributed by atoms with E-state index in [2.05, 4.69) is 20.9 Å². The third-order valence-electron chi connectivity index (χ3n) is 1.88. The molecule has 0 bridgehead atoms. The Bertz CT molecular complexity index is 442. The van der Waals surface area contributed by atoms with E-state index in [1.807, 2.05) is 30.3 Å². The summed E-state index contributed by atoms with van der Waals surface area (Å²) >= 11 is 3.13. The highest BCUT2D eigenvalue weighted by molar-refractivity contribution is 9.10. The molecule has 70 valence electrons. The second-order valence-electron chi connectivity index (χ2n) is 2.85. The summed E-state index contributed by atoms with van der Waals surface area (Å²) in [6, 6.07) is 11.3. The molecule has 1 aromatic heterocycles. The van der Waals surface area contributed by atoms with Crippen LogP contribution in [0, 0.1) is 5.82 Å². The van der Waals surface area contributed by atoms with Gasteiger partial charge in [0, 0.05) is 5.56 Å². The van der Waals surface area contributed by atoms with Crippen molar-refractivity contribution in [1.82, 2.24) is 4.98 Å². The molecule has 14 heavy (non-hydrogen) atoms. The molecule has 0 N–H and O–H groups in total. The van der Waals surface area contributed by atoms with Crippen molar-refractivity contribution in [3.63, 3.8) is 0 Å². The van der Waals surface area contributed by atoms with Crippen LogP contribution in [0.1, 0.15) is 0 Å². The molecular weight excluding hydrogens is 245 g/mol. The molecule has 0 spiro atoms. The van der Waals surface area contributed by atoms with E-state index < -0.39 is 0 Å². The molecule has 0 fully saturated rings. The average molecular weight is 252 g/mol. The monoisotopic (exact) mass is 251 g/mol. The molecule has 0 aliphatic rings. The zero-order valence-corrected chi connectivity index (χ0v) is 8.83. The molecule has 0 radical (unpaired) electrons. The van der Waals surface area contributed by atoms with Crippen molar-refractivity contribution in [2.24, 2.45) is 0 Å². The van der Waals surface area contributed by atoms with Gasteiger partial charge in [0.2, 0.25) is 0 Å². The van der Waals surface area contributed by atoms with Gasteiger partial charge in [-0.1, -0.05) is 30.3 Å². The largest absolute Gasteiger partial charge is 0.253 e. The Balaban J connectivity index is 2.48. The normalized spacial score (nSPS) is 10.1. The first-order valence-electron chi connectivity index (χ1n) is 4.14. The van der Waals surface area contributed by atoms with Gasteiger partial charge in [0.05, 0.1) is 16.4 Å². The molecule has 0 saturated carbocycles. The van der Waals surface area contributed by atoms with Gasteiger partial charge in [-0.2, -0.15) is 0 Å². The van der Waals surface area contributed by atoms with Gasteiger partial charge >= 0.3 is 0 Å². The van der Waals surface area contributed by atoms with Crippen molar-refractivity contribution >= 4 is 15.9 Å². The van der Waals surface area contributed by atoms with E-state index in [4.69, 9.17) is 0 Å². The fourth-order valence-electron chi connectivity index (χ4n) is 1.18. The summed E-state index contributed by atoms with van der Waals surface area (Å²) in [5.41, 5.74) is 1.74. The van der Waals surface area contributed by atoms with Crippen LogP contribution in [-0.4, -0.2) is 4.98 Å². The fourth-order valence-corrected chi connectivity index (χ4v) is 1.50. The average Bonchev–Trinajstić information content (AvgIpc) is 2.23. The van der Waals surface area contributed by atoms with Crippen LogP contribution in [0.5, 0.6) is 0 Å². The highest BCUT2D eigenvalue weighted by Gasteiger charge is 2.02. The van der Waals surface area contributed by atoms with Crippen molar-refractivity contribution in [3.8, 4) is 11.3 Å². The van der Waals surface area contributed by atoms with E-state index in [1.165, 1.54) is 6.20 Å². The summed E-state index contributed by atoms with van der Waals surface area (Å²) in [6.45, 7) is 0. The van der Waals surface area contributed by atoms with Gasteiger partial charge in [-0.25, -0.2) is 4.39 Å². The summed E-state index contributed by atoms with van der Waals surface area (Å²) in [4.78, 5) is 4.00. The Kier molecular flexibility index (Phi) is 2.59. The van der Waals surface area contributed by atoms with E-state index >= 15 is 0 Å². The molecule has 1 aromatic carbocycles. The van der Waals surface area contributed by atoms with Crippen LogP contribution >= 0.6 is 15.9 Å². The molecule has 0 amide bonds. The molecule has 0 aliphatic carbocycles. The summed E-state index contributed by atoms with van der Waals surface area (Å²) in [5, 5.41) is 0. The predicted molar refractivity (Wildman–Crippen MR) is 57.3 cm³/mol. The molecule has 0 unspecified atom stereocenters. The highest BCUT2D eigenvalue weighted by Crippen LogP contribution is 2.22. The Morgan fingerprint density at radius 2 is 1.86 bits per heavy atom. The summed E-state index contributed by atoms with van der Waals surface area (Å²) in [7, 11) is 0. The third kappa shape index (κ3) is 1.82. The number of hydrogen-bond acceptors (Lipinski definition) is 1. The summed E-state index contributed by atoms with van der Waals surface area (Å²) in [6.07, 6.45) is 1.21. The highest BCUT2D eigenvalue weighted by atomic mass is 79.9. The number of nitrogens with zero attached hydrogens (tertiary/aromatic N) is 1. The van der Waals surface area contributed by atoms with E-state index in [9.17, 15) is 4.39 Å². The lowest BCUT2D eigenvalue weighted by atomic mass is 10.1. The topological polar surface area (TPSA) is 12.9 Å². The number of hydrogen-bond donors (Lipinski definition) is 0. The molecular formula is C11H7BrFN. The SMILES string of the molecule is Fc1cnc(-c2ccccc2)cc1Br. The van der Waals surface area contributed by atoms with E-state index in [-0.39, 0.29) is 5.82 Å². The minimum absolute atomic E-state index is 0.343. The van der Waals surface area contributed by atoms with E-state index in [1.54, 1.807) is 6.07 Å². The van der Waals surface area contributed by atoms with Gasteiger partial charge < -0.3 is 0 Å². The van der Waals surface area contributed by atoms with Crippen LogP contribution in [0.3, 0.4) is 0 Å². The third-order valence-corrected chi connectivity index (χ3v) is 2.49. The van der Waals surface area contributed by atoms with Gasteiger partial charge in [0.1, 0.15) is 0 Å². The smallest absolute Gasteiger partial charge is 0.155 e. The zero-order valence-electron chi connectivity index (χ0n) is 7.24. The lowest BCUT2D eigenvalue weighted by Gasteiger charge is -2.01. The van der Waals surface area contributed by atoms with Crippen molar-refractivity contribution in [2.75, 3.05) is 0 Å². The summed E-state index contributed by atoms with van der Waals surface area (Å²) in [5.74, 6) is -0.343. The maximum Gasteiger partial charge on any atom is 0.155 e. The second kappa shape index (κ2) is 3.88. The van der Waals surface area contributed by atoms with Gasteiger partial charge in [-0.3, -0.25) is 4.98 Å². The Morgan fingerprint density at radius 1 is 1.14 bits per heavy atom. The Labute approximate surface area is 89.7 Å². The summed E-state index contributed by atoms with van der Waals surface area (Å²) < 4.78 is 13.3. The molecule has 0 saturated heterocycles. The lowest BCUT2D eigenvalue weighted by Crippen LogP contribution is -1.85. The zero-order chi connectivity index (χ0) is 9.97. The van der Waals surface area contributed by atoms with Crippen LogP contribution in [0.2, 0.25) is 0 Å². The minimum atomic E-state index is -0.343. The first-order chi connectivity index (χ1) is 6.77. The molecule has 0 atom stereocenters. The number of pyridine rings is 1. The Hall–Kier alpha value is -1.22.